The molecule has 0 atom stereocenters. The van der Waals surface area contributed by atoms with E-state index in [1.54, 1.807) is 13.3 Å². The molecule has 2 aliphatic heterocycles. The lowest BCUT2D eigenvalue weighted by Crippen LogP contribution is -2.35. The average Bonchev–Trinajstić information content (AvgIpc) is 3.62. The maximum atomic E-state index is 12.5. The van der Waals surface area contributed by atoms with Crippen LogP contribution in [0, 0.1) is 6.92 Å². The Morgan fingerprint density at radius 1 is 1.10 bits per heavy atom. The van der Waals surface area contributed by atoms with Crippen LogP contribution in [0.2, 0.25) is 0 Å². The molecule has 12 heteroatoms. The van der Waals surface area contributed by atoms with E-state index in [0.29, 0.717) is 53.4 Å². The van der Waals surface area contributed by atoms with Gasteiger partial charge >= 0.3 is 0 Å². The normalized spacial score (nSPS) is 16.1. The minimum Gasteiger partial charge on any atom is -0.495 e. The zero-order valence-electron chi connectivity index (χ0n) is 24.1. The van der Waals surface area contributed by atoms with Crippen molar-refractivity contribution < 1.29 is 18.3 Å². The van der Waals surface area contributed by atoms with Gasteiger partial charge < -0.3 is 30.4 Å². The molecule has 42 heavy (non-hydrogen) atoms. The van der Waals surface area contributed by atoms with Crippen LogP contribution in [0.3, 0.4) is 0 Å². The van der Waals surface area contributed by atoms with Crippen molar-refractivity contribution in [2.75, 3.05) is 61.1 Å². The number of aliphatic hydroxyl groups is 1. The number of anilines is 5. The second-order valence-corrected chi connectivity index (χ2v) is 12.9. The van der Waals surface area contributed by atoms with Gasteiger partial charge in [0.1, 0.15) is 17.2 Å². The monoisotopic (exact) mass is 591 g/mol. The minimum atomic E-state index is -3.42. The average molecular weight is 592 g/mol. The van der Waals surface area contributed by atoms with Gasteiger partial charge in [-0.25, -0.2) is 8.42 Å². The first-order chi connectivity index (χ1) is 20.2. The number of hydrogen-bond donors (Lipinski definition) is 4. The van der Waals surface area contributed by atoms with Gasteiger partial charge in [0.25, 0.3) is 0 Å². The van der Waals surface area contributed by atoms with E-state index in [-0.39, 0.29) is 6.61 Å². The first-order valence-electron chi connectivity index (χ1n) is 14.3. The molecule has 0 unspecified atom stereocenters. The highest BCUT2D eigenvalue weighted by Crippen LogP contribution is 2.40. The fourth-order valence-corrected chi connectivity index (χ4v) is 7.18. The summed E-state index contributed by atoms with van der Waals surface area (Å²) >= 11 is 0. The maximum absolute atomic E-state index is 12.5. The van der Waals surface area contributed by atoms with E-state index in [9.17, 15) is 13.5 Å². The summed E-state index contributed by atoms with van der Waals surface area (Å²) in [5.74, 6) is 2.08. The molecule has 2 aliphatic rings. The fraction of sp³-hybridized carbons (Fsp3) is 0.400. The molecule has 0 amide bonds. The Hall–Kier alpha value is -3.87. The number of piperidine rings is 1. The minimum absolute atomic E-state index is 0.193. The van der Waals surface area contributed by atoms with Crippen LogP contribution in [0.25, 0.3) is 11.0 Å². The highest BCUT2D eigenvalue weighted by Gasteiger charge is 2.29. The van der Waals surface area contributed by atoms with Gasteiger partial charge in [-0.05, 0) is 86.1 Å². The molecule has 222 valence electrons. The highest BCUT2D eigenvalue weighted by molar-refractivity contribution is 7.92. The quantitative estimate of drug-likeness (QED) is 0.225. The van der Waals surface area contributed by atoms with Crippen molar-refractivity contribution in [2.24, 2.45) is 0 Å². The third-order valence-corrected chi connectivity index (χ3v) is 9.47. The van der Waals surface area contributed by atoms with Gasteiger partial charge in [-0.1, -0.05) is 12.1 Å². The maximum Gasteiger partial charge on any atom is 0.232 e. The number of nitrogens with zero attached hydrogens (tertiary/aromatic N) is 4. The van der Waals surface area contributed by atoms with E-state index in [2.05, 4.69) is 39.6 Å². The van der Waals surface area contributed by atoms with Crippen molar-refractivity contribution in [2.45, 2.75) is 32.1 Å². The number of aliphatic hydroxyl groups excluding tert-OH is 1. The molecule has 1 saturated heterocycles. The smallest absolute Gasteiger partial charge is 0.232 e. The number of likely N-dealkylation sites (tertiary alicyclic amines) is 1. The summed E-state index contributed by atoms with van der Waals surface area (Å²) in [6.07, 6.45) is 5.77. The number of para-hydroxylation sites is 1. The molecule has 4 aromatic rings. The highest BCUT2D eigenvalue weighted by atomic mass is 32.2. The Bertz CT molecular complexity index is 1710. The number of aromatic amines is 1. The number of aromatic nitrogens is 3. The van der Waals surface area contributed by atoms with E-state index in [4.69, 9.17) is 14.7 Å². The zero-order chi connectivity index (χ0) is 29.4. The van der Waals surface area contributed by atoms with Gasteiger partial charge in [-0.3, -0.25) is 4.31 Å². The molecular weight excluding hydrogens is 554 g/mol. The van der Waals surface area contributed by atoms with E-state index in [1.165, 1.54) is 21.7 Å². The van der Waals surface area contributed by atoms with E-state index >= 15 is 0 Å². The second kappa shape index (κ2) is 11.4. The molecule has 0 aliphatic carbocycles. The summed E-state index contributed by atoms with van der Waals surface area (Å²) in [6, 6.07) is 11.8. The molecular formula is C30H37N7O4S. The molecule has 4 heterocycles. The predicted octanol–water partition coefficient (Wildman–Crippen LogP) is 4.26. The molecule has 1 fully saturated rings. The van der Waals surface area contributed by atoms with Gasteiger partial charge in [0.2, 0.25) is 16.0 Å². The Kier molecular flexibility index (Phi) is 7.69. The summed E-state index contributed by atoms with van der Waals surface area (Å²) in [5, 5.41) is 16.8. The topological polar surface area (TPSA) is 136 Å². The first-order valence-corrected chi connectivity index (χ1v) is 16.1. The number of β-amino-alcohol motifs (C(OH)–C–C–N with tert-alkyl or cyclic N) is 1. The van der Waals surface area contributed by atoms with E-state index in [1.807, 2.05) is 24.3 Å². The number of aryl methyl sites for hydroxylation is 1. The Balaban J connectivity index is 1.30. The number of H-pyrrole nitrogens is 1. The summed E-state index contributed by atoms with van der Waals surface area (Å²) in [7, 11) is -1.76. The number of fused-ring (bicyclic) bond motifs is 2. The number of methoxy groups -OCH3 is 1. The summed E-state index contributed by atoms with van der Waals surface area (Å²) in [4.78, 5) is 15.0. The third kappa shape index (κ3) is 5.49. The number of benzene rings is 2. The van der Waals surface area contributed by atoms with Gasteiger partial charge in [0.15, 0.2) is 0 Å². The first kappa shape index (κ1) is 28.3. The van der Waals surface area contributed by atoms with Crippen molar-refractivity contribution in [1.82, 2.24) is 19.9 Å². The molecule has 0 saturated carbocycles. The molecule has 0 spiro atoms. The lowest BCUT2D eigenvalue weighted by molar-refractivity contribution is 0.164. The van der Waals surface area contributed by atoms with Crippen molar-refractivity contribution in [1.29, 1.82) is 0 Å². The van der Waals surface area contributed by atoms with Crippen LogP contribution in [0.4, 0.5) is 28.8 Å². The van der Waals surface area contributed by atoms with Gasteiger partial charge in [0, 0.05) is 19.3 Å². The fourth-order valence-electron chi connectivity index (χ4n) is 6.21. The third-order valence-electron chi connectivity index (χ3n) is 8.30. The largest absolute Gasteiger partial charge is 0.495 e. The standard InChI is InChI=1S/C30H37N7O4S/c1-19-17-25(26(41-2)18-23(19)20-8-12-36(13-9-20)15-16-38)33-30-34-28-22(7-11-31-28)29(35-30)32-24-6-4-5-21-10-14-37(27(21)24)42(3,39)40/h4-7,11,17-18,20,38H,8-10,12-16H2,1-3H3,(H3,31,32,33,34,35). The number of nitrogens with one attached hydrogen (secondary N) is 3. The van der Waals surface area contributed by atoms with Crippen LogP contribution in [-0.2, 0) is 16.4 Å². The van der Waals surface area contributed by atoms with Crippen molar-refractivity contribution in [3.63, 3.8) is 0 Å². The van der Waals surface area contributed by atoms with Crippen LogP contribution in [0.1, 0.15) is 35.4 Å². The van der Waals surface area contributed by atoms with Crippen LogP contribution in [0.15, 0.2) is 42.6 Å². The second-order valence-electron chi connectivity index (χ2n) is 11.0. The summed E-state index contributed by atoms with van der Waals surface area (Å²) in [5.41, 5.74) is 6.15. The Labute approximate surface area is 246 Å². The molecule has 2 aromatic heterocycles. The molecule has 4 N–H and O–H groups in total. The van der Waals surface area contributed by atoms with E-state index in [0.717, 1.165) is 49.1 Å². The number of ether oxygens (including phenoxy) is 1. The van der Waals surface area contributed by atoms with Gasteiger partial charge in [-0.15, -0.1) is 0 Å². The van der Waals surface area contributed by atoms with E-state index < -0.39 is 10.0 Å². The van der Waals surface area contributed by atoms with Crippen molar-refractivity contribution in [3.8, 4) is 5.75 Å². The SMILES string of the molecule is COc1cc(C2CCN(CCO)CC2)c(C)cc1Nc1nc(Nc2cccc3c2N(S(C)(=O)=O)CC3)c2cc[nH]c2n1. The lowest BCUT2D eigenvalue weighted by Gasteiger charge is -2.32. The molecule has 0 bridgehead atoms. The number of hydrogen-bond acceptors (Lipinski definition) is 9. The summed E-state index contributed by atoms with van der Waals surface area (Å²) < 4.78 is 32.3. The molecule has 6 rings (SSSR count). The molecule has 11 nitrogen and oxygen atoms in total. The predicted molar refractivity (Wildman–Crippen MR) is 166 cm³/mol. The van der Waals surface area contributed by atoms with Crippen LogP contribution < -0.4 is 19.7 Å². The van der Waals surface area contributed by atoms with Crippen LogP contribution in [0.5, 0.6) is 5.75 Å². The van der Waals surface area contributed by atoms with Crippen molar-refractivity contribution in [3.05, 3.63) is 59.3 Å². The van der Waals surface area contributed by atoms with Crippen LogP contribution in [-0.4, -0.2) is 79.5 Å². The lowest BCUT2D eigenvalue weighted by atomic mass is 9.86. The van der Waals surface area contributed by atoms with Gasteiger partial charge in [-0.2, -0.15) is 9.97 Å². The Morgan fingerprint density at radius 3 is 2.64 bits per heavy atom. The zero-order valence-corrected chi connectivity index (χ0v) is 25.0. The van der Waals surface area contributed by atoms with Crippen molar-refractivity contribution >= 4 is 49.9 Å². The molecule has 2 aromatic carbocycles. The number of rotatable bonds is 9. The summed E-state index contributed by atoms with van der Waals surface area (Å²) in [6.45, 7) is 5.39. The Morgan fingerprint density at radius 2 is 1.90 bits per heavy atom. The van der Waals surface area contributed by atoms with Gasteiger partial charge in [0.05, 0.1) is 42.4 Å². The molecule has 0 radical (unpaired) electrons. The number of sulfonamides is 1. The van der Waals surface area contributed by atoms with Crippen LogP contribution >= 0.6 is 0 Å².